The average molecular weight is 290 g/mol. The second-order valence-corrected chi connectivity index (χ2v) is 5.12. The van der Waals surface area contributed by atoms with Crippen LogP contribution in [0.4, 0.5) is 11.4 Å². The minimum absolute atomic E-state index is 0.352. The van der Waals surface area contributed by atoms with Gasteiger partial charge in [0, 0.05) is 5.69 Å². The Kier molecular flexibility index (Phi) is 4.05. The first-order valence-corrected chi connectivity index (χ1v) is 6.74. The maximum absolute atomic E-state index is 12.2. The maximum atomic E-state index is 12.2. The van der Waals surface area contributed by atoms with Gasteiger partial charge in [0.1, 0.15) is 4.88 Å². The number of rotatable bonds is 3. The molecule has 0 radical (unpaired) electrons. The summed E-state index contributed by atoms with van der Waals surface area (Å²) >= 11 is 1.21. The van der Waals surface area contributed by atoms with Gasteiger partial charge in [-0.15, -0.1) is 11.3 Å². The van der Waals surface area contributed by atoms with Gasteiger partial charge >= 0.3 is 5.97 Å². The summed E-state index contributed by atoms with van der Waals surface area (Å²) in [7, 11) is 1.30. The van der Waals surface area contributed by atoms with Crippen LogP contribution in [0.2, 0.25) is 0 Å². The van der Waals surface area contributed by atoms with Crippen LogP contribution in [-0.4, -0.2) is 19.0 Å². The first-order chi connectivity index (χ1) is 9.52. The zero-order chi connectivity index (χ0) is 14.7. The van der Waals surface area contributed by atoms with Gasteiger partial charge in [0.25, 0.3) is 5.91 Å². The van der Waals surface area contributed by atoms with Gasteiger partial charge in [-0.2, -0.15) is 0 Å². The molecule has 0 atom stereocenters. The van der Waals surface area contributed by atoms with E-state index in [-0.39, 0.29) is 5.91 Å². The summed E-state index contributed by atoms with van der Waals surface area (Å²) in [6, 6.07) is 6.87. The van der Waals surface area contributed by atoms with Crippen LogP contribution >= 0.6 is 11.3 Å². The standard InChI is InChI=1S/C14H14N2O3S/c1-8-3-4-10(15)9(7-8)13(17)16-11-5-6-20-12(11)14(18)19-2/h3-7H,15H2,1-2H3,(H,16,17). The molecule has 104 valence electrons. The van der Waals surface area contributed by atoms with Crippen LogP contribution in [0.3, 0.4) is 0 Å². The molecule has 0 saturated carbocycles. The minimum Gasteiger partial charge on any atom is -0.465 e. The lowest BCUT2D eigenvalue weighted by molar-refractivity contribution is 0.0607. The second kappa shape index (κ2) is 5.75. The number of methoxy groups -OCH3 is 1. The first kappa shape index (κ1) is 14.1. The molecule has 0 unspecified atom stereocenters. The van der Waals surface area contributed by atoms with Crippen molar-refractivity contribution in [3.8, 4) is 0 Å². The largest absolute Gasteiger partial charge is 0.465 e. The molecular weight excluding hydrogens is 276 g/mol. The molecule has 3 N–H and O–H groups in total. The van der Waals surface area contributed by atoms with E-state index in [0.717, 1.165) is 5.56 Å². The molecule has 0 aliphatic carbocycles. The number of carbonyl (C=O) groups is 2. The molecule has 6 heteroatoms. The molecule has 0 spiro atoms. The highest BCUT2D eigenvalue weighted by atomic mass is 32.1. The fraction of sp³-hybridized carbons (Fsp3) is 0.143. The molecule has 1 heterocycles. The highest BCUT2D eigenvalue weighted by Crippen LogP contribution is 2.24. The molecule has 1 aromatic heterocycles. The number of ether oxygens (including phenoxy) is 1. The zero-order valence-corrected chi connectivity index (χ0v) is 11.9. The van der Waals surface area contributed by atoms with Crippen molar-refractivity contribution in [3.05, 3.63) is 45.6 Å². The van der Waals surface area contributed by atoms with E-state index in [4.69, 9.17) is 5.73 Å². The van der Waals surface area contributed by atoms with Crippen molar-refractivity contribution in [2.75, 3.05) is 18.2 Å². The number of amides is 1. The van der Waals surface area contributed by atoms with Crippen molar-refractivity contribution in [1.82, 2.24) is 0 Å². The molecule has 0 fully saturated rings. The van der Waals surface area contributed by atoms with E-state index < -0.39 is 5.97 Å². The third-order valence-corrected chi connectivity index (χ3v) is 3.63. The fourth-order valence-corrected chi connectivity index (χ4v) is 2.48. The second-order valence-electron chi connectivity index (χ2n) is 4.20. The van der Waals surface area contributed by atoms with Gasteiger partial charge in [-0.25, -0.2) is 4.79 Å². The van der Waals surface area contributed by atoms with Crippen LogP contribution in [0.15, 0.2) is 29.6 Å². The van der Waals surface area contributed by atoms with E-state index in [0.29, 0.717) is 21.8 Å². The quantitative estimate of drug-likeness (QED) is 0.672. The number of nitrogens with two attached hydrogens (primary N) is 1. The minimum atomic E-state index is -0.479. The normalized spacial score (nSPS) is 10.1. The van der Waals surface area contributed by atoms with E-state index in [1.807, 2.05) is 13.0 Å². The van der Waals surface area contributed by atoms with Crippen molar-refractivity contribution in [3.63, 3.8) is 0 Å². The van der Waals surface area contributed by atoms with Crippen molar-refractivity contribution < 1.29 is 14.3 Å². The van der Waals surface area contributed by atoms with Gasteiger partial charge in [-0.3, -0.25) is 4.79 Å². The van der Waals surface area contributed by atoms with Crippen molar-refractivity contribution >= 4 is 34.6 Å². The molecule has 20 heavy (non-hydrogen) atoms. The molecule has 2 rings (SSSR count). The average Bonchev–Trinajstić information content (AvgIpc) is 2.88. The number of carbonyl (C=O) groups excluding carboxylic acids is 2. The van der Waals surface area contributed by atoms with Gasteiger partial charge in [0.2, 0.25) is 0 Å². The Morgan fingerprint density at radius 1 is 1.30 bits per heavy atom. The van der Waals surface area contributed by atoms with Crippen LogP contribution in [0.25, 0.3) is 0 Å². The van der Waals surface area contributed by atoms with E-state index in [1.54, 1.807) is 23.6 Å². The molecule has 1 aromatic carbocycles. The Hall–Kier alpha value is -2.34. The Morgan fingerprint density at radius 3 is 2.75 bits per heavy atom. The molecule has 0 aliphatic rings. The SMILES string of the molecule is COC(=O)c1sccc1NC(=O)c1cc(C)ccc1N. The fourth-order valence-electron chi connectivity index (χ4n) is 1.71. The Bertz CT molecular complexity index is 664. The van der Waals surface area contributed by atoms with Crippen LogP contribution < -0.4 is 11.1 Å². The number of thiophene rings is 1. The Morgan fingerprint density at radius 2 is 2.05 bits per heavy atom. The van der Waals surface area contributed by atoms with E-state index in [9.17, 15) is 9.59 Å². The summed E-state index contributed by atoms with van der Waals surface area (Å²) in [5.74, 6) is -0.831. The molecule has 1 amide bonds. The topological polar surface area (TPSA) is 81.4 Å². The van der Waals surface area contributed by atoms with Gasteiger partial charge in [-0.05, 0) is 30.5 Å². The molecular formula is C14H14N2O3S. The lowest BCUT2D eigenvalue weighted by Gasteiger charge is -2.08. The highest BCUT2D eigenvalue weighted by molar-refractivity contribution is 7.12. The lowest BCUT2D eigenvalue weighted by atomic mass is 10.1. The van der Waals surface area contributed by atoms with Crippen molar-refractivity contribution in [2.24, 2.45) is 0 Å². The molecule has 5 nitrogen and oxygen atoms in total. The summed E-state index contributed by atoms with van der Waals surface area (Å²) in [5.41, 5.74) is 7.92. The van der Waals surface area contributed by atoms with E-state index in [1.165, 1.54) is 18.4 Å². The summed E-state index contributed by atoms with van der Waals surface area (Å²) in [6.07, 6.45) is 0. The van der Waals surface area contributed by atoms with Crippen molar-refractivity contribution in [1.29, 1.82) is 0 Å². The third-order valence-electron chi connectivity index (χ3n) is 2.74. The molecule has 0 aliphatic heterocycles. The molecule has 0 bridgehead atoms. The predicted molar refractivity (Wildman–Crippen MR) is 79.2 cm³/mol. The van der Waals surface area contributed by atoms with Crippen molar-refractivity contribution in [2.45, 2.75) is 6.92 Å². The number of hydrogen-bond donors (Lipinski definition) is 2. The van der Waals surface area contributed by atoms with Gasteiger partial charge in [-0.1, -0.05) is 11.6 Å². The zero-order valence-electron chi connectivity index (χ0n) is 11.1. The number of nitrogens with one attached hydrogen (secondary N) is 1. The summed E-state index contributed by atoms with van der Waals surface area (Å²) in [6.45, 7) is 1.88. The number of anilines is 2. The van der Waals surface area contributed by atoms with E-state index >= 15 is 0 Å². The number of aryl methyl sites for hydroxylation is 1. The first-order valence-electron chi connectivity index (χ1n) is 5.86. The number of esters is 1. The smallest absolute Gasteiger partial charge is 0.350 e. The predicted octanol–water partition coefficient (Wildman–Crippen LogP) is 2.68. The number of nitrogen functional groups attached to an aromatic ring is 1. The van der Waals surface area contributed by atoms with Crippen LogP contribution in [0, 0.1) is 6.92 Å². The summed E-state index contributed by atoms with van der Waals surface area (Å²) < 4.78 is 4.66. The molecule has 2 aromatic rings. The van der Waals surface area contributed by atoms with Gasteiger partial charge in [0.05, 0.1) is 18.4 Å². The number of hydrogen-bond acceptors (Lipinski definition) is 5. The van der Waals surface area contributed by atoms with Crippen LogP contribution in [0.1, 0.15) is 25.6 Å². The third kappa shape index (κ3) is 2.80. The van der Waals surface area contributed by atoms with Crippen LogP contribution in [0.5, 0.6) is 0 Å². The lowest BCUT2D eigenvalue weighted by Crippen LogP contribution is -2.15. The van der Waals surface area contributed by atoms with Gasteiger partial charge in [0.15, 0.2) is 0 Å². The number of benzene rings is 1. The summed E-state index contributed by atoms with van der Waals surface area (Å²) in [5, 5.41) is 4.39. The molecule has 0 saturated heterocycles. The highest BCUT2D eigenvalue weighted by Gasteiger charge is 2.17. The Labute approximate surface area is 120 Å². The van der Waals surface area contributed by atoms with Gasteiger partial charge < -0.3 is 15.8 Å². The maximum Gasteiger partial charge on any atom is 0.350 e. The summed E-state index contributed by atoms with van der Waals surface area (Å²) in [4.78, 5) is 24.1. The monoisotopic (exact) mass is 290 g/mol. The Balaban J connectivity index is 2.26. The van der Waals surface area contributed by atoms with E-state index in [2.05, 4.69) is 10.1 Å². The van der Waals surface area contributed by atoms with Crippen LogP contribution in [-0.2, 0) is 4.74 Å².